The first-order chi connectivity index (χ1) is 12.0. The summed E-state index contributed by atoms with van der Waals surface area (Å²) in [6, 6.07) is 14.0. The zero-order valence-corrected chi connectivity index (χ0v) is 15.5. The standard InChI is InChI=1S/C20H24ClN3O/c1-15-5-3-8-19(16(15)2)22-14-20(25)24-11-9-23(10-12-24)18-7-4-6-17(21)13-18/h3-8,13,22H,9-12,14H2,1-2H3. The lowest BCUT2D eigenvalue weighted by atomic mass is 10.1. The maximum absolute atomic E-state index is 12.5. The first kappa shape index (κ1) is 17.6. The van der Waals surface area contributed by atoms with E-state index < -0.39 is 0 Å². The Kier molecular flexibility index (Phi) is 5.49. The molecule has 1 heterocycles. The van der Waals surface area contributed by atoms with Gasteiger partial charge in [0, 0.05) is 42.6 Å². The monoisotopic (exact) mass is 357 g/mol. The molecule has 5 heteroatoms. The Morgan fingerprint density at radius 2 is 1.80 bits per heavy atom. The number of nitrogens with one attached hydrogen (secondary N) is 1. The highest BCUT2D eigenvalue weighted by Gasteiger charge is 2.21. The molecule has 1 fully saturated rings. The Balaban J connectivity index is 1.52. The van der Waals surface area contributed by atoms with E-state index in [1.807, 2.05) is 35.2 Å². The van der Waals surface area contributed by atoms with Gasteiger partial charge in [0.15, 0.2) is 0 Å². The molecule has 0 spiro atoms. The summed E-state index contributed by atoms with van der Waals surface area (Å²) in [5, 5.41) is 4.02. The highest BCUT2D eigenvalue weighted by molar-refractivity contribution is 6.30. The first-order valence-corrected chi connectivity index (χ1v) is 9.01. The molecule has 0 aliphatic carbocycles. The van der Waals surface area contributed by atoms with Crippen molar-refractivity contribution in [2.45, 2.75) is 13.8 Å². The third-order valence-corrected chi connectivity index (χ3v) is 5.08. The Hall–Kier alpha value is -2.20. The topological polar surface area (TPSA) is 35.6 Å². The lowest BCUT2D eigenvalue weighted by molar-refractivity contribution is -0.129. The second-order valence-corrected chi connectivity index (χ2v) is 6.89. The van der Waals surface area contributed by atoms with E-state index >= 15 is 0 Å². The fourth-order valence-corrected chi connectivity index (χ4v) is 3.30. The minimum atomic E-state index is 0.145. The van der Waals surface area contributed by atoms with Gasteiger partial charge in [0.25, 0.3) is 0 Å². The number of hydrogen-bond donors (Lipinski definition) is 1. The van der Waals surface area contributed by atoms with E-state index in [0.29, 0.717) is 6.54 Å². The number of carbonyl (C=O) groups excluding carboxylic acids is 1. The van der Waals surface area contributed by atoms with Crippen molar-refractivity contribution in [1.82, 2.24) is 4.90 Å². The van der Waals surface area contributed by atoms with Crippen molar-refractivity contribution in [2.75, 3.05) is 42.9 Å². The summed E-state index contributed by atoms with van der Waals surface area (Å²) in [7, 11) is 0. The van der Waals surface area contributed by atoms with Crippen LogP contribution >= 0.6 is 11.6 Å². The van der Waals surface area contributed by atoms with Crippen molar-refractivity contribution in [3.63, 3.8) is 0 Å². The summed E-state index contributed by atoms with van der Waals surface area (Å²) in [6.45, 7) is 7.62. The maximum Gasteiger partial charge on any atom is 0.241 e. The van der Waals surface area contributed by atoms with Crippen molar-refractivity contribution in [3.05, 3.63) is 58.6 Å². The van der Waals surface area contributed by atoms with Crippen LogP contribution in [0, 0.1) is 13.8 Å². The second-order valence-electron chi connectivity index (χ2n) is 6.45. The molecule has 1 aliphatic heterocycles. The largest absolute Gasteiger partial charge is 0.376 e. The molecule has 25 heavy (non-hydrogen) atoms. The normalized spacial score (nSPS) is 14.5. The van der Waals surface area contributed by atoms with Crippen LogP contribution in [-0.2, 0) is 4.79 Å². The van der Waals surface area contributed by atoms with E-state index in [-0.39, 0.29) is 5.91 Å². The average molecular weight is 358 g/mol. The summed E-state index contributed by atoms with van der Waals surface area (Å²) in [4.78, 5) is 16.7. The molecule has 2 aromatic rings. The van der Waals surface area contributed by atoms with E-state index in [4.69, 9.17) is 11.6 Å². The van der Waals surface area contributed by atoms with Crippen LogP contribution in [0.2, 0.25) is 5.02 Å². The smallest absolute Gasteiger partial charge is 0.241 e. The van der Waals surface area contributed by atoms with Gasteiger partial charge in [-0.05, 0) is 49.2 Å². The minimum absolute atomic E-state index is 0.145. The number of anilines is 2. The molecule has 0 bridgehead atoms. The van der Waals surface area contributed by atoms with Gasteiger partial charge < -0.3 is 15.1 Å². The molecule has 1 N–H and O–H groups in total. The fourth-order valence-electron chi connectivity index (χ4n) is 3.11. The number of halogens is 1. The molecule has 0 saturated carbocycles. The van der Waals surface area contributed by atoms with Gasteiger partial charge in [-0.25, -0.2) is 0 Å². The lowest BCUT2D eigenvalue weighted by Gasteiger charge is -2.36. The summed E-state index contributed by atoms with van der Waals surface area (Å²) < 4.78 is 0. The lowest BCUT2D eigenvalue weighted by Crippen LogP contribution is -2.50. The summed E-state index contributed by atoms with van der Waals surface area (Å²) in [6.07, 6.45) is 0. The number of nitrogens with zero attached hydrogens (tertiary/aromatic N) is 2. The number of carbonyl (C=O) groups is 1. The first-order valence-electron chi connectivity index (χ1n) is 8.63. The Bertz CT molecular complexity index is 754. The van der Waals surface area contributed by atoms with Crippen LogP contribution < -0.4 is 10.2 Å². The Morgan fingerprint density at radius 1 is 1.08 bits per heavy atom. The molecule has 0 aromatic heterocycles. The number of hydrogen-bond acceptors (Lipinski definition) is 3. The molecular weight excluding hydrogens is 334 g/mol. The van der Waals surface area contributed by atoms with E-state index in [9.17, 15) is 4.79 Å². The molecule has 4 nitrogen and oxygen atoms in total. The number of amides is 1. The number of benzene rings is 2. The zero-order valence-electron chi connectivity index (χ0n) is 14.8. The number of aryl methyl sites for hydroxylation is 1. The van der Waals surface area contributed by atoms with Gasteiger partial charge in [0.2, 0.25) is 5.91 Å². The predicted molar refractivity (Wildman–Crippen MR) is 105 cm³/mol. The maximum atomic E-state index is 12.5. The molecule has 1 amide bonds. The van der Waals surface area contributed by atoms with Crippen LogP contribution in [0.3, 0.4) is 0 Å². The number of piperazine rings is 1. The zero-order chi connectivity index (χ0) is 17.8. The van der Waals surface area contributed by atoms with Crippen LogP contribution in [0.1, 0.15) is 11.1 Å². The van der Waals surface area contributed by atoms with Crippen molar-refractivity contribution < 1.29 is 4.79 Å². The van der Waals surface area contributed by atoms with Gasteiger partial charge in [-0.2, -0.15) is 0 Å². The van der Waals surface area contributed by atoms with Gasteiger partial charge in [0.1, 0.15) is 0 Å². The van der Waals surface area contributed by atoms with Crippen molar-refractivity contribution in [2.24, 2.45) is 0 Å². The molecule has 132 valence electrons. The van der Waals surface area contributed by atoms with E-state index in [1.54, 1.807) is 0 Å². The highest BCUT2D eigenvalue weighted by Crippen LogP contribution is 2.21. The van der Waals surface area contributed by atoms with Crippen LogP contribution in [0.15, 0.2) is 42.5 Å². The molecule has 3 rings (SSSR count). The molecule has 2 aromatic carbocycles. The van der Waals surface area contributed by atoms with Gasteiger partial charge in [-0.15, -0.1) is 0 Å². The summed E-state index contributed by atoms with van der Waals surface area (Å²) >= 11 is 6.07. The van der Waals surface area contributed by atoms with E-state index in [0.717, 1.165) is 42.6 Å². The predicted octanol–water partition coefficient (Wildman–Crippen LogP) is 3.72. The van der Waals surface area contributed by atoms with Gasteiger partial charge in [-0.1, -0.05) is 29.8 Å². The molecular formula is C20H24ClN3O. The average Bonchev–Trinajstić information content (AvgIpc) is 2.63. The summed E-state index contributed by atoms with van der Waals surface area (Å²) in [5.41, 5.74) is 4.58. The quantitative estimate of drug-likeness (QED) is 0.905. The molecule has 0 atom stereocenters. The van der Waals surface area contributed by atoms with Crippen LogP contribution in [0.5, 0.6) is 0 Å². The second kappa shape index (κ2) is 7.79. The molecule has 0 radical (unpaired) electrons. The van der Waals surface area contributed by atoms with Crippen LogP contribution in [0.25, 0.3) is 0 Å². The third-order valence-electron chi connectivity index (χ3n) is 4.84. The Labute approximate surface area is 154 Å². The van der Waals surface area contributed by atoms with Gasteiger partial charge in [-0.3, -0.25) is 4.79 Å². The van der Waals surface area contributed by atoms with E-state index in [2.05, 4.69) is 36.2 Å². The van der Waals surface area contributed by atoms with Gasteiger partial charge in [0.05, 0.1) is 6.54 Å². The Morgan fingerprint density at radius 3 is 2.52 bits per heavy atom. The van der Waals surface area contributed by atoms with E-state index in [1.165, 1.54) is 11.1 Å². The summed E-state index contributed by atoms with van der Waals surface area (Å²) in [5.74, 6) is 0.145. The van der Waals surface area contributed by atoms with Crippen molar-refractivity contribution in [1.29, 1.82) is 0 Å². The molecule has 1 aliphatic rings. The molecule has 0 unspecified atom stereocenters. The fraction of sp³-hybridized carbons (Fsp3) is 0.350. The SMILES string of the molecule is Cc1cccc(NCC(=O)N2CCN(c3cccc(Cl)c3)CC2)c1C. The third kappa shape index (κ3) is 4.26. The van der Waals surface area contributed by atoms with Crippen molar-refractivity contribution in [3.8, 4) is 0 Å². The highest BCUT2D eigenvalue weighted by atomic mass is 35.5. The van der Waals surface area contributed by atoms with Gasteiger partial charge >= 0.3 is 0 Å². The van der Waals surface area contributed by atoms with Crippen LogP contribution in [-0.4, -0.2) is 43.5 Å². The molecule has 1 saturated heterocycles. The van der Waals surface area contributed by atoms with Crippen LogP contribution in [0.4, 0.5) is 11.4 Å². The minimum Gasteiger partial charge on any atom is -0.376 e. The number of rotatable bonds is 4. The van der Waals surface area contributed by atoms with Crippen molar-refractivity contribution >= 4 is 28.9 Å².